The number of halogens is 2. The van der Waals surface area contributed by atoms with Crippen LogP contribution in [0.3, 0.4) is 0 Å². The first-order chi connectivity index (χ1) is 20.5. The number of hydrogen-bond acceptors (Lipinski definition) is 5. The topological polar surface area (TPSA) is 98.7 Å². The molecule has 0 aromatic heterocycles. The molecule has 3 atom stereocenters. The number of carbonyl (C=O) groups excluding carboxylic acids is 3. The summed E-state index contributed by atoms with van der Waals surface area (Å²) in [5, 5.41) is 17.9. The van der Waals surface area contributed by atoms with Crippen LogP contribution in [0.25, 0.3) is 6.08 Å². The highest BCUT2D eigenvalue weighted by molar-refractivity contribution is 8.00. The third kappa shape index (κ3) is 8.21. The third-order valence-electron chi connectivity index (χ3n) is 7.45. The minimum Gasteiger partial charge on any atom is -0.381 e. The SMILES string of the molecule is Cc1ccccc1CNC(=O)C1N(C(=O)[C@@H](O)C(Cc2ccccc2)NC(=O)/C=C/c2c(Cl)cccc2Cl)CSC1(C)C. The van der Waals surface area contributed by atoms with Crippen molar-refractivity contribution in [3.63, 3.8) is 0 Å². The van der Waals surface area contributed by atoms with Crippen LogP contribution in [0.1, 0.15) is 36.1 Å². The molecule has 1 aliphatic heterocycles. The average Bonchev–Trinajstić information content (AvgIpc) is 3.30. The molecule has 1 saturated heterocycles. The van der Waals surface area contributed by atoms with E-state index in [1.807, 2.05) is 75.4 Å². The Labute approximate surface area is 266 Å². The number of hydrogen-bond donors (Lipinski definition) is 3. The van der Waals surface area contributed by atoms with E-state index in [9.17, 15) is 19.5 Å². The Balaban J connectivity index is 1.53. The first-order valence-electron chi connectivity index (χ1n) is 13.9. The molecule has 0 bridgehead atoms. The van der Waals surface area contributed by atoms with Gasteiger partial charge < -0.3 is 20.6 Å². The molecule has 0 saturated carbocycles. The summed E-state index contributed by atoms with van der Waals surface area (Å²) in [5.41, 5.74) is 3.33. The van der Waals surface area contributed by atoms with E-state index < -0.39 is 34.7 Å². The van der Waals surface area contributed by atoms with Crippen LogP contribution in [0, 0.1) is 6.92 Å². The van der Waals surface area contributed by atoms with Gasteiger partial charge in [0.15, 0.2) is 6.10 Å². The van der Waals surface area contributed by atoms with Crippen LogP contribution in [-0.4, -0.2) is 56.5 Å². The molecular weight excluding hydrogens is 605 g/mol. The molecule has 3 aromatic rings. The van der Waals surface area contributed by atoms with Gasteiger partial charge in [0.25, 0.3) is 5.91 Å². The van der Waals surface area contributed by atoms with Gasteiger partial charge in [-0.3, -0.25) is 14.4 Å². The van der Waals surface area contributed by atoms with Gasteiger partial charge in [0.2, 0.25) is 11.8 Å². The maximum Gasteiger partial charge on any atom is 0.254 e. The zero-order valence-electron chi connectivity index (χ0n) is 24.2. The van der Waals surface area contributed by atoms with E-state index in [2.05, 4.69) is 10.6 Å². The fourth-order valence-corrected chi connectivity index (χ4v) is 6.68. The standard InChI is InChI=1S/C33H35Cl2N3O4S/c1-21-10-7-8-13-23(21)19-36-31(41)30-33(2,3)43-20-38(30)32(42)29(40)27(18-22-11-5-4-6-12-22)37-28(39)17-16-24-25(34)14-9-15-26(24)35/h4-17,27,29-30,40H,18-20H2,1-3H3,(H,36,41)(H,37,39)/b17-16+/t27?,29-,30?/m0/s1. The van der Waals surface area contributed by atoms with Crippen molar-refractivity contribution in [1.82, 2.24) is 15.5 Å². The van der Waals surface area contributed by atoms with Crippen LogP contribution in [0.5, 0.6) is 0 Å². The smallest absolute Gasteiger partial charge is 0.254 e. The van der Waals surface area contributed by atoms with E-state index in [4.69, 9.17) is 23.2 Å². The molecule has 0 radical (unpaired) electrons. The Morgan fingerprint density at radius 1 is 1.02 bits per heavy atom. The lowest BCUT2D eigenvalue weighted by atomic mass is 9.97. The molecule has 1 fully saturated rings. The van der Waals surface area contributed by atoms with E-state index in [0.717, 1.165) is 16.7 Å². The second-order valence-corrected chi connectivity index (χ2v) is 13.4. The van der Waals surface area contributed by atoms with Crippen molar-refractivity contribution in [3.05, 3.63) is 111 Å². The normalized spacial score (nSPS) is 17.4. The van der Waals surface area contributed by atoms with Crippen molar-refractivity contribution in [2.24, 2.45) is 0 Å². The molecule has 43 heavy (non-hydrogen) atoms. The highest BCUT2D eigenvalue weighted by Gasteiger charge is 2.49. The van der Waals surface area contributed by atoms with E-state index in [-0.39, 0.29) is 18.2 Å². The van der Waals surface area contributed by atoms with Gasteiger partial charge in [0, 0.05) is 33.0 Å². The maximum atomic E-state index is 13.8. The molecular formula is C33H35Cl2N3O4S. The Kier molecular flexibility index (Phi) is 11.0. The molecule has 10 heteroatoms. The number of aryl methyl sites for hydroxylation is 1. The number of nitrogens with one attached hydrogen (secondary N) is 2. The fraction of sp³-hybridized carbons (Fsp3) is 0.303. The van der Waals surface area contributed by atoms with Gasteiger partial charge in [-0.1, -0.05) is 83.9 Å². The predicted octanol–water partition coefficient (Wildman–Crippen LogP) is 5.40. The van der Waals surface area contributed by atoms with E-state index >= 15 is 0 Å². The quantitative estimate of drug-likeness (QED) is 0.258. The van der Waals surface area contributed by atoms with Crippen LogP contribution >= 0.6 is 35.0 Å². The maximum absolute atomic E-state index is 13.8. The van der Waals surface area contributed by atoms with E-state index in [1.165, 1.54) is 28.8 Å². The van der Waals surface area contributed by atoms with Crippen LogP contribution in [0.2, 0.25) is 10.0 Å². The number of aliphatic hydroxyl groups excluding tert-OH is 1. The minimum absolute atomic E-state index is 0.189. The Morgan fingerprint density at radius 3 is 2.35 bits per heavy atom. The highest BCUT2D eigenvalue weighted by Crippen LogP contribution is 2.40. The minimum atomic E-state index is -1.61. The van der Waals surface area contributed by atoms with Crippen molar-refractivity contribution < 1.29 is 19.5 Å². The number of benzene rings is 3. The average molecular weight is 641 g/mol. The number of nitrogens with zero attached hydrogens (tertiary/aromatic N) is 1. The van der Waals surface area contributed by atoms with Crippen LogP contribution in [0.15, 0.2) is 78.9 Å². The molecule has 0 spiro atoms. The summed E-state index contributed by atoms with van der Waals surface area (Å²) in [6, 6.07) is 20.3. The van der Waals surface area contributed by atoms with Gasteiger partial charge >= 0.3 is 0 Å². The van der Waals surface area contributed by atoms with Crippen molar-refractivity contribution in [2.45, 2.75) is 56.7 Å². The summed E-state index contributed by atoms with van der Waals surface area (Å²) in [7, 11) is 0. The Bertz CT molecular complexity index is 1480. The van der Waals surface area contributed by atoms with E-state index in [0.29, 0.717) is 22.2 Å². The first-order valence-corrected chi connectivity index (χ1v) is 15.6. The molecule has 3 amide bonds. The number of rotatable bonds is 10. The molecule has 7 nitrogen and oxygen atoms in total. The Hall–Kier alpha value is -3.30. The summed E-state index contributed by atoms with van der Waals surface area (Å²) in [4.78, 5) is 41.8. The Morgan fingerprint density at radius 2 is 1.67 bits per heavy atom. The van der Waals surface area contributed by atoms with Crippen molar-refractivity contribution >= 4 is 58.8 Å². The van der Waals surface area contributed by atoms with Gasteiger partial charge in [0.1, 0.15) is 6.04 Å². The van der Waals surface area contributed by atoms with Crippen molar-refractivity contribution in [2.75, 3.05) is 5.88 Å². The molecule has 3 N–H and O–H groups in total. The highest BCUT2D eigenvalue weighted by atomic mass is 35.5. The van der Waals surface area contributed by atoms with Gasteiger partial charge in [-0.15, -0.1) is 11.8 Å². The van der Waals surface area contributed by atoms with Gasteiger partial charge in [-0.05, 0) is 62.1 Å². The van der Waals surface area contributed by atoms with Crippen LogP contribution in [0.4, 0.5) is 0 Å². The van der Waals surface area contributed by atoms with E-state index in [1.54, 1.807) is 18.2 Å². The number of amides is 3. The molecule has 1 heterocycles. The van der Waals surface area contributed by atoms with Gasteiger partial charge in [0.05, 0.1) is 11.9 Å². The van der Waals surface area contributed by atoms with Crippen LogP contribution < -0.4 is 10.6 Å². The monoisotopic (exact) mass is 639 g/mol. The van der Waals surface area contributed by atoms with Gasteiger partial charge in [-0.25, -0.2) is 0 Å². The van der Waals surface area contributed by atoms with Crippen molar-refractivity contribution in [1.29, 1.82) is 0 Å². The van der Waals surface area contributed by atoms with Crippen LogP contribution in [-0.2, 0) is 27.3 Å². The first kappa shape index (κ1) is 32.6. The number of aliphatic hydroxyl groups is 1. The predicted molar refractivity (Wildman–Crippen MR) is 174 cm³/mol. The van der Waals surface area contributed by atoms with Gasteiger partial charge in [-0.2, -0.15) is 0 Å². The number of thioether (sulfide) groups is 1. The summed E-state index contributed by atoms with van der Waals surface area (Å²) in [6.45, 7) is 6.11. The molecule has 2 unspecified atom stereocenters. The zero-order valence-corrected chi connectivity index (χ0v) is 26.5. The summed E-state index contributed by atoms with van der Waals surface area (Å²) in [5.74, 6) is -1.25. The second-order valence-electron chi connectivity index (χ2n) is 11.0. The fourth-order valence-electron chi connectivity index (χ4n) is 5.01. The lowest BCUT2D eigenvalue weighted by molar-refractivity contribution is -0.147. The molecule has 0 aliphatic carbocycles. The molecule has 4 rings (SSSR count). The molecule has 226 valence electrons. The third-order valence-corrected chi connectivity index (χ3v) is 9.49. The molecule has 3 aromatic carbocycles. The lowest BCUT2D eigenvalue weighted by Gasteiger charge is -2.33. The lowest BCUT2D eigenvalue weighted by Crippen LogP contribution is -2.58. The second kappa shape index (κ2) is 14.4. The largest absolute Gasteiger partial charge is 0.381 e. The molecule has 1 aliphatic rings. The summed E-state index contributed by atoms with van der Waals surface area (Å²) in [6.07, 6.45) is 1.33. The summed E-state index contributed by atoms with van der Waals surface area (Å²) < 4.78 is -0.597. The number of carbonyl (C=O) groups is 3. The summed E-state index contributed by atoms with van der Waals surface area (Å²) >= 11 is 13.9. The van der Waals surface area contributed by atoms with Crippen molar-refractivity contribution in [3.8, 4) is 0 Å². The zero-order chi connectivity index (χ0) is 31.1.